The van der Waals surface area contributed by atoms with Crippen molar-refractivity contribution in [1.29, 1.82) is 0 Å². The number of alkyl halides is 15. The van der Waals surface area contributed by atoms with Crippen LogP contribution in [-0.2, 0) is 0 Å². The van der Waals surface area contributed by atoms with Gasteiger partial charge < -0.3 is 0 Å². The fourth-order valence-corrected chi connectivity index (χ4v) is 15.7. The monoisotopic (exact) mass is 542 g/mol. The van der Waals surface area contributed by atoms with E-state index in [1.165, 1.54) is 0 Å². The van der Waals surface area contributed by atoms with Crippen LogP contribution < -0.4 is 0 Å². The molecule has 0 aromatic heterocycles. The first kappa shape index (κ1) is 24.3. The van der Waals surface area contributed by atoms with Crippen molar-refractivity contribution in [2.45, 2.75) is 34.3 Å². The quantitative estimate of drug-likeness (QED) is 0.297. The maximum absolute atomic E-state index is 13.9. The van der Waals surface area contributed by atoms with Crippen LogP contribution in [0.1, 0.15) is 0 Å². The van der Waals surface area contributed by atoms with Crippen molar-refractivity contribution in [3.8, 4) is 0 Å². The topological polar surface area (TPSA) is 0 Å². The van der Waals surface area contributed by atoms with Gasteiger partial charge in [-0.1, -0.05) is 0 Å². The summed E-state index contributed by atoms with van der Waals surface area (Å²) in [6, 6.07) is 0. The molecule has 0 fully saturated rings. The number of hydrogen-bond acceptors (Lipinski definition) is 0. The molecule has 0 bridgehead atoms. The Morgan fingerprint density at radius 3 is 0.852 bits per heavy atom. The average Bonchev–Trinajstić information content (AvgIpc) is 2.88. The predicted octanol–water partition coefficient (Wildman–Crippen LogP) is 6.14. The molecular weight excluding hydrogens is 536 g/mol. The van der Waals surface area contributed by atoms with Gasteiger partial charge in [-0.25, -0.2) is 0 Å². The Morgan fingerprint density at radius 2 is 0.667 bits per heavy atom. The van der Waals surface area contributed by atoms with Gasteiger partial charge in [0.2, 0.25) is 0 Å². The first-order chi connectivity index (χ1) is 11.6. The van der Waals surface area contributed by atoms with Crippen LogP contribution in [0.3, 0.4) is 0 Å². The second kappa shape index (κ2) is 6.37. The molecule has 1 aliphatic carbocycles. The Labute approximate surface area is 143 Å². The number of hydrogen-bond donors (Lipinski definition) is 0. The van der Waals surface area contributed by atoms with Crippen molar-refractivity contribution in [2.75, 3.05) is 0 Å². The molecule has 0 spiro atoms. The zero-order valence-electron chi connectivity index (χ0n) is 12.1. The van der Waals surface area contributed by atoms with E-state index in [0.717, 1.165) is 0 Å². The molecule has 0 heterocycles. The summed E-state index contributed by atoms with van der Waals surface area (Å²) in [4.78, 5) is 0. The van der Waals surface area contributed by atoms with Crippen molar-refractivity contribution in [1.82, 2.24) is 0 Å². The van der Waals surface area contributed by atoms with Crippen LogP contribution in [0, 0.1) is 0 Å². The normalized spacial score (nSPS) is 18.5. The summed E-state index contributed by atoms with van der Waals surface area (Å²) in [6.07, 6.45) is -22.9. The molecule has 158 valence electrons. The Morgan fingerprint density at radius 1 is 0.444 bits per heavy atom. The predicted molar refractivity (Wildman–Crippen MR) is 60.8 cm³/mol. The van der Waals surface area contributed by atoms with Crippen molar-refractivity contribution < 1.29 is 65.9 Å². The fraction of sp³-hybridized carbons (Fsp3) is 0.636. The molecule has 0 radical (unpaired) electrons. The molecule has 0 aromatic rings. The third-order valence-corrected chi connectivity index (χ3v) is 18.7. The molecule has 0 amide bonds. The molecule has 0 N–H and O–H groups in total. The van der Waals surface area contributed by atoms with Crippen LogP contribution in [-0.4, -0.2) is 48.7 Å². The van der Waals surface area contributed by atoms with Gasteiger partial charge in [0.15, 0.2) is 0 Å². The van der Waals surface area contributed by atoms with E-state index in [9.17, 15) is 65.9 Å². The summed E-state index contributed by atoms with van der Waals surface area (Å²) in [5.74, 6) is 0. The van der Waals surface area contributed by atoms with E-state index in [4.69, 9.17) is 0 Å². The van der Waals surface area contributed by atoms with Crippen molar-refractivity contribution in [3.05, 3.63) is 24.3 Å². The molecule has 0 nitrogen and oxygen atoms in total. The molecule has 1 rings (SSSR count). The molecule has 0 atom stereocenters. The first-order valence-electron chi connectivity index (χ1n) is 6.29. The standard InChI is InChI=1S/C5H5.3C2F5.Sn/c1-2-4-5-3-1;3*3-1(4)2(5,6)7;/h1-5H;;;;. The zero-order valence-corrected chi connectivity index (χ0v) is 14.9. The molecule has 1 aliphatic rings. The molecule has 0 saturated heterocycles. The molecule has 0 unspecified atom stereocenters. The minimum absolute atomic E-state index is 0.224. The summed E-state index contributed by atoms with van der Waals surface area (Å²) < 4.78 is 171. The second-order valence-corrected chi connectivity index (χ2v) is 17.2. The average molecular weight is 541 g/mol. The van der Waals surface area contributed by atoms with Gasteiger partial charge in [-0.3, -0.25) is 0 Å². The summed E-state index contributed by atoms with van der Waals surface area (Å²) in [5, 5.41) is 0. The van der Waals surface area contributed by atoms with Gasteiger partial charge in [0.05, 0.1) is 0 Å². The Kier molecular flexibility index (Phi) is 5.72. The van der Waals surface area contributed by atoms with E-state index in [2.05, 4.69) is 0 Å². The molecular formula is C11H5F15Sn. The summed E-state index contributed by atoms with van der Waals surface area (Å²) in [5.41, 5.74) is 0. The SMILES string of the molecule is FC(F)(F)[C](F)(F)[Sn]([CH]1C=CC=C1)([C](F)(F)C(F)(F)F)[C](F)(F)C(F)(F)F. The van der Waals surface area contributed by atoms with E-state index in [1.807, 2.05) is 0 Å². The molecule has 0 aliphatic heterocycles. The first-order valence-corrected chi connectivity index (χ1v) is 12.2. The second-order valence-electron chi connectivity index (χ2n) is 5.32. The Bertz CT molecular complexity index is 541. The fourth-order valence-electron chi connectivity index (χ4n) is 2.61. The maximum atomic E-state index is 13.9. The molecule has 16 heteroatoms. The third kappa shape index (κ3) is 3.10. The van der Waals surface area contributed by atoms with E-state index in [-0.39, 0.29) is 24.3 Å². The van der Waals surface area contributed by atoms with E-state index in [1.54, 1.807) is 0 Å². The van der Waals surface area contributed by atoms with Gasteiger partial charge in [-0.15, -0.1) is 0 Å². The third-order valence-electron chi connectivity index (χ3n) is 3.80. The van der Waals surface area contributed by atoms with Crippen LogP contribution >= 0.6 is 0 Å². The summed E-state index contributed by atoms with van der Waals surface area (Å²) >= 11 is -10.6. The van der Waals surface area contributed by atoms with Crippen molar-refractivity contribution in [3.63, 3.8) is 0 Å². The minimum atomic E-state index is -10.6. The summed E-state index contributed by atoms with van der Waals surface area (Å²) in [7, 11) is 0. The van der Waals surface area contributed by atoms with E-state index in [0.29, 0.717) is 0 Å². The van der Waals surface area contributed by atoms with Crippen molar-refractivity contribution in [2.24, 2.45) is 0 Å². The zero-order chi connectivity index (χ0) is 21.9. The van der Waals surface area contributed by atoms with Gasteiger partial charge >= 0.3 is 143 Å². The van der Waals surface area contributed by atoms with Crippen molar-refractivity contribution >= 4 is 18.4 Å². The number of rotatable bonds is 4. The van der Waals surface area contributed by atoms with Crippen LogP contribution in [0.15, 0.2) is 24.3 Å². The molecule has 27 heavy (non-hydrogen) atoms. The van der Waals surface area contributed by atoms with Gasteiger partial charge in [0, 0.05) is 0 Å². The van der Waals surface area contributed by atoms with Gasteiger partial charge in [0.1, 0.15) is 0 Å². The van der Waals surface area contributed by atoms with Crippen LogP contribution in [0.5, 0.6) is 0 Å². The van der Waals surface area contributed by atoms with Crippen LogP contribution in [0.25, 0.3) is 0 Å². The van der Waals surface area contributed by atoms with E-state index >= 15 is 0 Å². The molecule has 0 aromatic carbocycles. The molecule has 0 saturated carbocycles. The van der Waals surface area contributed by atoms with Gasteiger partial charge in [-0.2, -0.15) is 0 Å². The van der Waals surface area contributed by atoms with Crippen LogP contribution in [0.4, 0.5) is 65.9 Å². The Balaban J connectivity index is 4.22. The van der Waals surface area contributed by atoms with E-state index < -0.39 is 52.7 Å². The number of halogens is 15. The Hall–Kier alpha value is -0.771. The summed E-state index contributed by atoms with van der Waals surface area (Å²) in [6.45, 7) is 0. The van der Waals surface area contributed by atoms with Crippen LogP contribution in [0.2, 0.25) is 3.93 Å². The number of allylic oxidation sites excluding steroid dienone is 4. The van der Waals surface area contributed by atoms with Gasteiger partial charge in [0.25, 0.3) is 0 Å². The van der Waals surface area contributed by atoms with Gasteiger partial charge in [-0.05, 0) is 0 Å².